The molecular formula is C40H33N3O15. The number of esters is 1. The molecule has 4 heterocycles. The van der Waals surface area contributed by atoms with Gasteiger partial charge in [0.1, 0.15) is 40.3 Å². The molecule has 58 heavy (non-hydrogen) atoms. The van der Waals surface area contributed by atoms with Crippen molar-refractivity contribution in [2.75, 3.05) is 19.0 Å². The predicted octanol–water partition coefficient (Wildman–Crippen LogP) is 2.78. The van der Waals surface area contributed by atoms with Gasteiger partial charge in [0.15, 0.2) is 40.4 Å². The van der Waals surface area contributed by atoms with Gasteiger partial charge in [-0.05, 0) is 62.2 Å². The van der Waals surface area contributed by atoms with Crippen LogP contribution in [0, 0.1) is 12.8 Å². The molecule has 4 atom stereocenters. The van der Waals surface area contributed by atoms with E-state index in [2.05, 4.69) is 15.6 Å². The number of allylic oxidation sites excluding steroid dienone is 3. The molecule has 3 bridgehead atoms. The topological polar surface area (TPSA) is 278 Å². The van der Waals surface area contributed by atoms with Crippen molar-refractivity contribution in [3.63, 3.8) is 0 Å². The highest BCUT2D eigenvalue weighted by molar-refractivity contribution is 6.31. The summed E-state index contributed by atoms with van der Waals surface area (Å²) in [6, 6.07) is 7.34. The number of methoxy groups -OCH3 is 1. The Bertz CT molecular complexity index is 2690. The number of anilines is 1. The van der Waals surface area contributed by atoms with Gasteiger partial charge >= 0.3 is 11.6 Å². The van der Waals surface area contributed by atoms with Gasteiger partial charge < -0.3 is 49.7 Å². The fraction of sp³-hybridized carbons (Fsp3) is 0.250. The molecule has 298 valence electrons. The Labute approximate surface area is 326 Å². The number of nitrogens with one attached hydrogen (secondary N) is 2. The van der Waals surface area contributed by atoms with E-state index >= 15 is 0 Å². The maximum Gasteiger partial charge on any atom is 0.364 e. The summed E-state index contributed by atoms with van der Waals surface area (Å²) < 4.78 is 21.8. The van der Waals surface area contributed by atoms with Crippen molar-refractivity contribution in [1.29, 1.82) is 0 Å². The fourth-order valence-corrected chi connectivity index (χ4v) is 6.99. The van der Waals surface area contributed by atoms with Crippen LogP contribution in [0.25, 0.3) is 11.0 Å². The number of nitrogens with zero attached hydrogens (tertiary/aromatic N) is 1. The highest BCUT2D eigenvalue weighted by Crippen LogP contribution is 2.40. The van der Waals surface area contributed by atoms with Crippen LogP contribution in [-0.4, -0.2) is 91.9 Å². The molecule has 2 aromatic heterocycles. The van der Waals surface area contributed by atoms with Crippen LogP contribution in [0.1, 0.15) is 78.4 Å². The zero-order valence-corrected chi connectivity index (χ0v) is 31.2. The Morgan fingerprint density at radius 3 is 2.40 bits per heavy atom. The van der Waals surface area contributed by atoms with Gasteiger partial charge in [-0.25, -0.2) is 14.6 Å². The van der Waals surface area contributed by atoms with Crippen LogP contribution < -0.4 is 21.0 Å². The number of hydrogen-bond donors (Lipinski definition) is 6. The number of pyridine rings is 1. The van der Waals surface area contributed by atoms with Crippen molar-refractivity contribution < 1.29 is 67.8 Å². The average molecular weight is 796 g/mol. The Morgan fingerprint density at radius 1 is 0.966 bits per heavy atom. The largest absolute Gasteiger partial charge is 0.507 e. The lowest BCUT2D eigenvalue weighted by atomic mass is 9.82. The number of aromatic nitrogens is 1. The summed E-state index contributed by atoms with van der Waals surface area (Å²) in [4.78, 5) is 99.3. The summed E-state index contributed by atoms with van der Waals surface area (Å²) in [7, 11) is 1.38. The lowest BCUT2D eigenvalue weighted by Gasteiger charge is -2.39. The Hall–Kier alpha value is -7.34. The number of carbonyl (C=O) groups is 6. The van der Waals surface area contributed by atoms with Crippen molar-refractivity contribution in [2.45, 2.75) is 45.5 Å². The van der Waals surface area contributed by atoms with Gasteiger partial charge in [0, 0.05) is 17.5 Å². The average Bonchev–Trinajstić information content (AvgIpc) is 3.19. The van der Waals surface area contributed by atoms with Crippen molar-refractivity contribution in [3.05, 3.63) is 104 Å². The summed E-state index contributed by atoms with van der Waals surface area (Å²) in [5.74, 6) is -9.91. The molecule has 0 saturated heterocycles. The molecule has 1 aliphatic carbocycles. The van der Waals surface area contributed by atoms with Crippen LogP contribution in [0.3, 0.4) is 0 Å². The number of rotatable bonds is 5. The first kappa shape index (κ1) is 38.9. The number of benzene rings is 2. The number of aromatic hydroxyl groups is 3. The number of aliphatic hydroxyl groups excluding tert-OH is 1. The van der Waals surface area contributed by atoms with Gasteiger partial charge in [-0.15, -0.1) is 0 Å². The second kappa shape index (κ2) is 14.0. The minimum Gasteiger partial charge on any atom is -0.507 e. The predicted molar refractivity (Wildman–Crippen MR) is 198 cm³/mol. The molecule has 6 N–H and O–H groups in total. The van der Waals surface area contributed by atoms with Crippen molar-refractivity contribution in [3.8, 4) is 23.0 Å². The summed E-state index contributed by atoms with van der Waals surface area (Å²) in [5, 5.41) is 49.1. The molecule has 0 saturated carbocycles. The smallest absolute Gasteiger partial charge is 0.364 e. The summed E-state index contributed by atoms with van der Waals surface area (Å²) in [6.45, 7) is 4.88. The Morgan fingerprint density at radius 2 is 1.69 bits per heavy atom. The lowest BCUT2D eigenvalue weighted by molar-refractivity contribution is -0.154. The Balaban J connectivity index is 1.24. The minimum atomic E-state index is -2.25. The quantitative estimate of drug-likeness (QED) is 0.125. The molecule has 18 nitrogen and oxygen atoms in total. The third-order valence-electron chi connectivity index (χ3n) is 10.1. The molecule has 3 aliphatic rings. The zero-order valence-electron chi connectivity index (χ0n) is 31.2. The molecule has 1 amide bonds. The van der Waals surface area contributed by atoms with Crippen LogP contribution >= 0.6 is 0 Å². The van der Waals surface area contributed by atoms with Gasteiger partial charge in [0.05, 0.1) is 30.2 Å². The highest BCUT2D eigenvalue weighted by Gasteiger charge is 2.51. The van der Waals surface area contributed by atoms with E-state index in [-0.39, 0.29) is 33.4 Å². The summed E-state index contributed by atoms with van der Waals surface area (Å²) >= 11 is 0. The normalized spacial score (nSPS) is 21.6. The van der Waals surface area contributed by atoms with Crippen LogP contribution in [0.2, 0.25) is 0 Å². The van der Waals surface area contributed by atoms with Crippen LogP contribution in [0.5, 0.6) is 23.0 Å². The molecular weight excluding hydrogens is 762 g/mol. The Kier molecular flexibility index (Phi) is 9.39. The third-order valence-corrected chi connectivity index (χ3v) is 10.1. The monoisotopic (exact) mass is 795 g/mol. The number of Topliss-reactive ketones (excluding diaryl/α,β-unsaturated/α-hetero) is 4. The molecule has 2 aliphatic heterocycles. The van der Waals surface area contributed by atoms with Gasteiger partial charge in [0.25, 0.3) is 5.91 Å². The molecule has 4 unspecified atom stereocenters. The van der Waals surface area contributed by atoms with Crippen LogP contribution in [0.4, 0.5) is 5.69 Å². The second-order valence-corrected chi connectivity index (χ2v) is 14.1. The maximum atomic E-state index is 14.1. The molecule has 7 rings (SSSR count). The number of phenolic OH excluding ortho intramolecular Hbond substituents is 1. The number of phenols is 1. The molecule has 2 aromatic carbocycles. The first-order valence-electron chi connectivity index (χ1n) is 17.5. The SMILES string of the molecule is COc1ccc2c(O)c(NC(=O)c3ccc(O)c(C(=O)OC4C(C)C=C(C)C(=O)c5c(O)c(C)cc6c5C(=O)C5=C(NCC(C)(O5)C(=O)C4O)C6=O)n3)c(=O)oc2c1. The number of fused-ring (bicyclic) bond motifs is 2. The first-order chi connectivity index (χ1) is 27.4. The number of ketones is 4. The molecule has 0 fully saturated rings. The molecule has 0 spiro atoms. The van der Waals surface area contributed by atoms with E-state index in [1.54, 1.807) is 0 Å². The second-order valence-electron chi connectivity index (χ2n) is 14.1. The van der Waals surface area contributed by atoms with E-state index in [1.165, 1.54) is 65.1 Å². The van der Waals surface area contributed by atoms with E-state index < -0.39 is 122 Å². The maximum absolute atomic E-state index is 14.1. The molecule has 4 aromatic rings. The summed E-state index contributed by atoms with van der Waals surface area (Å²) in [5.41, 5.74) is -6.86. The standard InChI is InChI=1S/C40H33N3O15/c1-14-10-16(3)34(33(50)36(51)40(4)13-41-26-31(48)19-11-15(2)29(46)24(28(14)45)23(19)32(49)35(26)58-40)57-38(53)25-21(44)9-8-20(42-25)37(52)43-27-30(47)18-7-6-17(55-5)12-22(18)56-39(27)54/h6-12,16,33-34,41,44,46-47,50H,13H2,1-5H3,(H,43,52). The van der Waals surface area contributed by atoms with Crippen molar-refractivity contribution >= 4 is 51.7 Å². The summed E-state index contributed by atoms with van der Waals surface area (Å²) in [6.07, 6.45) is -2.90. The van der Waals surface area contributed by atoms with Gasteiger partial charge in [-0.2, -0.15) is 0 Å². The number of ether oxygens (including phenoxy) is 3. The molecule has 0 radical (unpaired) electrons. The number of aryl methyl sites for hydroxylation is 1. The van der Waals surface area contributed by atoms with Crippen LogP contribution in [-0.2, 0) is 14.3 Å². The number of carbonyl (C=O) groups excluding carboxylic acids is 6. The molecule has 18 heteroatoms. The first-order valence-corrected chi connectivity index (χ1v) is 17.5. The van der Waals surface area contributed by atoms with E-state index in [0.717, 1.165) is 12.1 Å². The lowest BCUT2D eigenvalue weighted by Crippen LogP contribution is -2.59. The van der Waals surface area contributed by atoms with Crippen LogP contribution in [0.15, 0.2) is 68.7 Å². The van der Waals surface area contributed by atoms with Gasteiger partial charge in [0.2, 0.25) is 17.3 Å². The number of amides is 1. The van der Waals surface area contributed by atoms with E-state index in [9.17, 15) is 54.0 Å². The van der Waals surface area contributed by atoms with E-state index in [0.29, 0.717) is 5.75 Å². The third kappa shape index (κ3) is 6.19. The minimum absolute atomic E-state index is 0.0455. The highest BCUT2D eigenvalue weighted by atomic mass is 16.6. The van der Waals surface area contributed by atoms with E-state index in [1.807, 2.05) is 0 Å². The van der Waals surface area contributed by atoms with Gasteiger partial charge in [-0.1, -0.05) is 13.0 Å². The number of hydrogen-bond acceptors (Lipinski definition) is 17. The van der Waals surface area contributed by atoms with E-state index in [4.69, 9.17) is 18.6 Å². The van der Waals surface area contributed by atoms with Crippen molar-refractivity contribution in [2.24, 2.45) is 5.92 Å². The van der Waals surface area contributed by atoms with Gasteiger partial charge in [-0.3, -0.25) is 24.0 Å². The number of aliphatic hydroxyl groups is 1. The zero-order chi connectivity index (χ0) is 42.1. The fourth-order valence-electron chi connectivity index (χ4n) is 6.99. The van der Waals surface area contributed by atoms with Crippen molar-refractivity contribution in [1.82, 2.24) is 10.3 Å².